The van der Waals surface area contributed by atoms with Crippen molar-refractivity contribution in [2.45, 2.75) is 0 Å². The molecule has 2 nitrogen and oxygen atoms in total. The predicted octanol–water partition coefficient (Wildman–Crippen LogP) is 14.5. The number of fused-ring (bicyclic) bond motifs is 3. The number of hydrogen-bond acceptors (Lipinski definition) is 3. The molecule has 0 spiro atoms. The normalized spacial score (nSPS) is 11.3. The lowest BCUT2D eigenvalue weighted by molar-refractivity contribution is 1.18. The molecule has 0 aliphatic rings. The Hall–Kier alpha value is -6.94. The lowest BCUT2D eigenvalue weighted by Crippen LogP contribution is -1.96. The fraction of sp³-hybridized carbons (Fsp3) is 0. The molecular formula is C52H34N2S. The molecule has 10 rings (SSSR count). The third-order valence-electron chi connectivity index (χ3n) is 10.4. The topological polar surface area (TPSA) is 25.8 Å². The molecule has 8 aromatic carbocycles. The molecule has 0 amide bonds. The highest BCUT2D eigenvalue weighted by Gasteiger charge is 2.13. The molecule has 0 bridgehead atoms. The highest BCUT2D eigenvalue weighted by atomic mass is 32.1. The van der Waals surface area contributed by atoms with Crippen LogP contribution < -0.4 is 0 Å². The Morgan fingerprint density at radius 1 is 0.291 bits per heavy atom. The molecule has 0 fully saturated rings. The summed E-state index contributed by atoms with van der Waals surface area (Å²) in [5, 5.41) is 2.66. The van der Waals surface area contributed by atoms with Crippen molar-refractivity contribution in [1.82, 2.24) is 9.97 Å². The number of rotatable bonds is 7. The monoisotopic (exact) mass is 718 g/mol. The number of hydrogen-bond donors (Lipinski definition) is 0. The quantitative estimate of drug-likeness (QED) is 0.164. The second kappa shape index (κ2) is 14.1. The number of aromatic nitrogens is 2. The Kier molecular flexibility index (Phi) is 8.40. The molecule has 10 aromatic rings. The number of benzene rings is 8. The van der Waals surface area contributed by atoms with Crippen molar-refractivity contribution in [1.29, 1.82) is 0 Å². The Morgan fingerprint density at radius 2 is 0.691 bits per heavy atom. The van der Waals surface area contributed by atoms with E-state index in [0.29, 0.717) is 5.82 Å². The van der Waals surface area contributed by atoms with E-state index in [9.17, 15) is 0 Å². The Balaban J connectivity index is 0.910. The van der Waals surface area contributed by atoms with E-state index in [4.69, 9.17) is 9.97 Å². The van der Waals surface area contributed by atoms with Gasteiger partial charge >= 0.3 is 0 Å². The van der Waals surface area contributed by atoms with Crippen LogP contribution in [0.2, 0.25) is 0 Å². The summed E-state index contributed by atoms with van der Waals surface area (Å²) >= 11 is 1.88. The van der Waals surface area contributed by atoms with E-state index in [0.717, 1.165) is 33.6 Å². The summed E-state index contributed by atoms with van der Waals surface area (Å²) in [5.41, 5.74) is 14.5. The Morgan fingerprint density at radius 3 is 1.22 bits per heavy atom. The third kappa shape index (κ3) is 6.41. The molecule has 0 N–H and O–H groups in total. The van der Waals surface area contributed by atoms with Crippen LogP contribution in [0.1, 0.15) is 0 Å². The van der Waals surface area contributed by atoms with Gasteiger partial charge in [0.1, 0.15) is 0 Å². The van der Waals surface area contributed by atoms with Crippen LogP contribution in [-0.4, -0.2) is 9.97 Å². The summed E-state index contributed by atoms with van der Waals surface area (Å²) in [7, 11) is 0. The van der Waals surface area contributed by atoms with Gasteiger partial charge in [-0.25, -0.2) is 9.97 Å². The summed E-state index contributed by atoms with van der Waals surface area (Å²) in [4.78, 5) is 10.1. The largest absolute Gasteiger partial charge is 0.228 e. The van der Waals surface area contributed by atoms with Gasteiger partial charge in [0, 0.05) is 36.9 Å². The van der Waals surface area contributed by atoms with E-state index >= 15 is 0 Å². The second-order valence-electron chi connectivity index (χ2n) is 13.8. The fourth-order valence-corrected chi connectivity index (χ4v) is 8.67. The summed E-state index contributed by atoms with van der Waals surface area (Å²) in [5.74, 6) is 0.713. The molecule has 2 aromatic heterocycles. The van der Waals surface area contributed by atoms with Crippen LogP contribution in [0.3, 0.4) is 0 Å². The first-order chi connectivity index (χ1) is 27.2. The molecule has 0 atom stereocenters. The van der Waals surface area contributed by atoms with Crippen molar-refractivity contribution in [3.63, 3.8) is 0 Å². The van der Waals surface area contributed by atoms with E-state index in [1.165, 1.54) is 59.1 Å². The van der Waals surface area contributed by atoms with Gasteiger partial charge in [0.2, 0.25) is 0 Å². The van der Waals surface area contributed by atoms with Crippen LogP contribution in [0, 0.1) is 0 Å². The van der Waals surface area contributed by atoms with Crippen molar-refractivity contribution < 1.29 is 0 Å². The van der Waals surface area contributed by atoms with E-state index in [-0.39, 0.29) is 0 Å². The third-order valence-corrected chi connectivity index (χ3v) is 11.6. The molecule has 0 radical (unpaired) electrons. The zero-order valence-electron chi connectivity index (χ0n) is 29.9. The van der Waals surface area contributed by atoms with Crippen molar-refractivity contribution in [3.8, 4) is 78.4 Å². The maximum absolute atomic E-state index is 5.05. The van der Waals surface area contributed by atoms with Gasteiger partial charge in [-0.1, -0.05) is 194 Å². The smallest absolute Gasteiger partial charge is 0.160 e. The maximum Gasteiger partial charge on any atom is 0.160 e. The minimum absolute atomic E-state index is 0.713. The molecule has 0 unspecified atom stereocenters. The first-order valence-corrected chi connectivity index (χ1v) is 19.4. The first-order valence-electron chi connectivity index (χ1n) is 18.6. The zero-order valence-corrected chi connectivity index (χ0v) is 30.7. The maximum atomic E-state index is 5.05. The highest BCUT2D eigenvalue weighted by molar-refractivity contribution is 7.26. The van der Waals surface area contributed by atoms with E-state index in [1.54, 1.807) is 0 Å². The van der Waals surface area contributed by atoms with Crippen molar-refractivity contribution >= 4 is 31.5 Å². The van der Waals surface area contributed by atoms with Crippen LogP contribution in [0.5, 0.6) is 0 Å². The predicted molar refractivity (Wildman–Crippen MR) is 233 cm³/mol. The molecule has 0 aliphatic carbocycles. The van der Waals surface area contributed by atoms with Crippen LogP contribution in [0.15, 0.2) is 206 Å². The van der Waals surface area contributed by atoms with Crippen molar-refractivity contribution in [3.05, 3.63) is 206 Å². The van der Waals surface area contributed by atoms with Gasteiger partial charge < -0.3 is 0 Å². The van der Waals surface area contributed by atoms with Crippen LogP contribution >= 0.6 is 11.3 Å². The molecular weight excluding hydrogens is 685 g/mol. The molecule has 2 heterocycles. The van der Waals surface area contributed by atoms with E-state index in [2.05, 4.69) is 182 Å². The van der Waals surface area contributed by atoms with Gasteiger partial charge in [0.05, 0.1) is 11.4 Å². The molecule has 258 valence electrons. The SMILES string of the molecule is c1ccc(-c2ccc(-c3cc(-c4ccc(-c5ccc(-c6ccc(-c7cccc8c7sc7ccccc78)cc6)cc5)cc4)nc(-c4ccccc4)n3)cc2)cc1. The second-order valence-corrected chi connectivity index (χ2v) is 14.8. The van der Waals surface area contributed by atoms with Gasteiger partial charge in [0.15, 0.2) is 5.82 Å². The lowest BCUT2D eigenvalue weighted by atomic mass is 9.97. The summed E-state index contributed by atoms with van der Waals surface area (Å²) < 4.78 is 2.68. The average Bonchev–Trinajstić information content (AvgIpc) is 3.66. The number of nitrogens with zero attached hydrogens (tertiary/aromatic N) is 2. The molecule has 0 aliphatic heterocycles. The lowest BCUT2D eigenvalue weighted by Gasteiger charge is -2.11. The van der Waals surface area contributed by atoms with E-state index in [1.807, 2.05) is 35.6 Å². The van der Waals surface area contributed by atoms with Crippen molar-refractivity contribution in [2.75, 3.05) is 0 Å². The molecule has 55 heavy (non-hydrogen) atoms. The summed E-state index contributed by atoms with van der Waals surface area (Å²) in [6.45, 7) is 0. The van der Waals surface area contributed by atoms with Gasteiger partial charge in [-0.05, 0) is 56.6 Å². The average molecular weight is 719 g/mol. The first kappa shape index (κ1) is 32.7. The van der Waals surface area contributed by atoms with Crippen molar-refractivity contribution in [2.24, 2.45) is 0 Å². The van der Waals surface area contributed by atoms with Crippen LogP contribution in [0.4, 0.5) is 0 Å². The van der Waals surface area contributed by atoms with Gasteiger partial charge in [-0.2, -0.15) is 0 Å². The standard InChI is InChI=1S/C52H34N2S/c1-3-10-35(11-4-1)36-24-30-42(31-25-36)48-34-49(54-52(53-48)44-12-5-2-6-13-44)43-32-26-40(27-33-43)38-20-18-37(19-21-38)39-22-28-41(29-23-39)45-15-9-16-47-46-14-7-8-17-50(46)55-51(45)47/h1-34H. The molecule has 3 heteroatoms. The Bertz CT molecular complexity index is 2910. The van der Waals surface area contributed by atoms with Gasteiger partial charge in [0.25, 0.3) is 0 Å². The van der Waals surface area contributed by atoms with Crippen LogP contribution in [-0.2, 0) is 0 Å². The fourth-order valence-electron chi connectivity index (χ4n) is 7.43. The molecule has 0 saturated carbocycles. The van der Waals surface area contributed by atoms with Crippen LogP contribution in [0.25, 0.3) is 98.6 Å². The molecule has 0 saturated heterocycles. The minimum atomic E-state index is 0.713. The Labute approximate surface area is 324 Å². The van der Waals surface area contributed by atoms with E-state index < -0.39 is 0 Å². The minimum Gasteiger partial charge on any atom is -0.228 e. The highest BCUT2D eigenvalue weighted by Crippen LogP contribution is 2.40. The van der Waals surface area contributed by atoms with Gasteiger partial charge in [-0.3, -0.25) is 0 Å². The summed E-state index contributed by atoms with van der Waals surface area (Å²) in [6, 6.07) is 73.3. The number of thiophene rings is 1. The van der Waals surface area contributed by atoms with Gasteiger partial charge in [-0.15, -0.1) is 11.3 Å². The zero-order chi connectivity index (χ0) is 36.6. The summed E-state index contributed by atoms with van der Waals surface area (Å²) in [6.07, 6.45) is 0.